The van der Waals surface area contributed by atoms with Crippen LogP contribution in [0, 0.1) is 0 Å². The lowest BCUT2D eigenvalue weighted by molar-refractivity contribution is 0.143. The van der Waals surface area contributed by atoms with Crippen LogP contribution in [-0.4, -0.2) is 49.5 Å². The van der Waals surface area contributed by atoms with Crippen LogP contribution in [0.2, 0.25) is 0 Å². The fourth-order valence-electron chi connectivity index (χ4n) is 2.50. The zero-order valence-corrected chi connectivity index (χ0v) is 19.3. The number of halogens is 1. The minimum atomic E-state index is -0.494. The van der Waals surface area contributed by atoms with Gasteiger partial charge in [-0.1, -0.05) is 36.4 Å². The largest absolute Gasteiger partial charge is 0.475 e. The Morgan fingerprint density at radius 3 is 2.59 bits per heavy atom. The van der Waals surface area contributed by atoms with E-state index < -0.39 is 6.10 Å². The summed E-state index contributed by atoms with van der Waals surface area (Å²) < 4.78 is 10.4. The van der Waals surface area contributed by atoms with Crippen molar-refractivity contribution in [1.82, 2.24) is 15.6 Å². The number of aliphatic hydroxyl groups is 1. The van der Waals surface area contributed by atoms with Crippen molar-refractivity contribution >= 4 is 29.9 Å². The number of methoxy groups -OCH3 is 1. The van der Waals surface area contributed by atoms with Gasteiger partial charge < -0.3 is 25.2 Å². The van der Waals surface area contributed by atoms with Crippen LogP contribution in [0.3, 0.4) is 0 Å². The Morgan fingerprint density at radius 1 is 1.14 bits per heavy atom. The van der Waals surface area contributed by atoms with Gasteiger partial charge in [0.2, 0.25) is 5.88 Å². The van der Waals surface area contributed by atoms with Crippen molar-refractivity contribution in [3.8, 4) is 5.88 Å². The molecular weight excluding hydrogens is 483 g/mol. The van der Waals surface area contributed by atoms with E-state index in [4.69, 9.17) is 9.47 Å². The Kier molecular flexibility index (Phi) is 13.0. The highest BCUT2D eigenvalue weighted by Gasteiger charge is 2.07. The van der Waals surface area contributed by atoms with Crippen molar-refractivity contribution < 1.29 is 14.6 Å². The molecule has 160 valence electrons. The summed E-state index contributed by atoms with van der Waals surface area (Å²) in [7, 11) is 1.64. The van der Waals surface area contributed by atoms with E-state index in [0.717, 1.165) is 17.7 Å². The first-order valence-electron chi connectivity index (χ1n) is 9.54. The van der Waals surface area contributed by atoms with E-state index in [-0.39, 0.29) is 24.0 Å². The van der Waals surface area contributed by atoms with Crippen LogP contribution in [0.15, 0.2) is 53.7 Å². The molecule has 2 aromatic rings. The number of rotatable bonds is 11. The molecule has 0 radical (unpaired) electrons. The van der Waals surface area contributed by atoms with Crippen LogP contribution in [0.1, 0.15) is 30.6 Å². The number of nitrogens with one attached hydrogen (secondary N) is 2. The van der Waals surface area contributed by atoms with Gasteiger partial charge in [-0.15, -0.1) is 24.0 Å². The zero-order chi connectivity index (χ0) is 20.0. The molecule has 0 bridgehead atoms. The van der Waals surface area contributed by atoms with Gasteiger partial charge in [0.25, 0.3) is 0 Å². The molecule has 1 atom stereocenters. The van der Waals surface area contributed by atoms with Crippen molar-refractivity contribution in [1.29, 1.82) is 0 Å². The number of aliphatic imine (C=N–C) groups is 1. The van der Waals surface area contributed by atoms with Crippen molar-refractivity contribution in [3.05, 3.63) is 59.8 Å². The van der Waals surface area contributed by atoms with Crippen molar-refractivity contribution in [2.75, 3.05) is 33.4 Å². The summed E-state index contributed by atoms with van der Waals surface area (Å²) in [6.45, 7) is 4.91. The number of aromatic nitrogens is 1. The average molecular weight is 514 g/mol. The molecule has 7 nitrogen and oxygen atoms in total. The highest BCUT2D eigenvalue weighted by Crippen LogP contribution is 2.14. The number of guanidine groups is 1. The van der Waals surface area contributed by atoms with Crippen molar-refractivity contribution in [3.63, 3.8) is 0 Å². The second kappa shape index (κ2) is 15.0. The van der Waals surface area contributed by atoms with Gasteiger partial charge in [-0.05, 0) is 24.5 Å². The van der Waals surface area contributed by atoms with Gasteiger partial charge >= 0.3 is 0 Å². The summed E-state index contributed by atoms with van der Waals surface area (Å²) in [5, 5.41) is 16.7. The zero-order valence-electron chi connectivity index (χ0n) is 17.0. The second-order valence-electron chi connectivity index (χ2n) is 6.18. The molecule has 0 aliphatic heterocycles. The number of pyridine rings is 1. The smallest absolute Gasteiger partial charge is 0.213 e. The second-order valence-corrected chi connectivity index (χ2v) is 6.18. The molecule has 0 fully saturated rings. The third-order valence-corrected chi connectivity index (χ3v) is 3.99. The van der Waals surface area contributed by atoms with Crippen molar-refractivity contribution in [2.45, 2.75) is 26.0 Å². The summed E-state index contributed by atoms with van der Waals surface area (Å²) in [5.41, 5.74) is 1.91. The minimum Gasteiger partial charge on any atom is -0.475 e. The lowest BCUT2D eigenvalue weighted by atomic mass is 10.1. The maximum absolute atomic E-state index is 10.2. The van der Waals surface area contributed by atoms with Crippen LogP contribution >= 0.6 is 24.0 Å². The first-order valence-corrected chi connectivity index (χ1v) is 9.54. The molecule has 0 aliphatic carbocycles. The van der Waals surface area contributed by atoms with Crippen LogP contribution in [-0.2, 0) is 11.3 Å². The molecule has 1 aromatic carbocycles. The lowest BCUT2D eigenvalue weighted by Crippen LogP contribution is -2.38. The highest BCUT2D eigenvalue weighted by molar-refractivity contribution is 14.0. The highest BCUT2D eigenvalue weighted by atomic mass is 127. The normalized spacial score (nSPS) is 12.0. The third kappa shape index (κ3) is 9.91. The topological polar surface area (TPSA) is 88.0 Å². The van der Waals surface area contributed by atoms with Gasteiger partial charge in [0, 0.05) is 32.5 Å². The number of ether oxygens (including phenoxy) is 2. The Hall–Kier alpha value is -1.91. The fraction of sp³-hybridized carbons (Fsp3) is 0.429. The molecule has 1 aromatic heterocycles. The van der Waals surface area contributed by atoms with Crippen LogP contribution in [0.4, 0.5) is 0 Å². The molecule has 0 amide bonds. The summed E-state index contributed by atoms with van der Waals surface area (Å²) in [6.07, 6.45) is 1.86. The molecule has 1 heterocycles. The molecule has 0 aliphatic rings. The Labute approximate surface area is 190 Å². The van der Waals surface area contributed by atoms with E-state index in [2.05, 4.69) is 20.6 Å². The fourth-order valence-corrected chi connectivity index (χ4v) is 2.50. The Bertz CT molecular complexity index is 699. The van der Waals surface area contributed by atoms with Gasteiger partial charge in [0.05, 0.1) is 19.3 Å². The van der Waals surface area contributed by atoms with E-state index >= 15 is 0 Å². The van der Waals surface area contributed by atoms with Crippen molar-refractivity contribution in [2.24, 2.45) is 4.99 Å². The van der Waals surface area contributed by atoms with E-state index in [1.165, 1.54) is 0 Å². The van der Waals surface area contributed by atoms with Gasteiger partial charge in [-0.2, -0.15) is 0 Å². The predicted molar refractivity (Wildman–Crippen MR) is 126 cm³/mol. The number of hydrogen-bond donors (Lipinski definition) is 3. The van der Waals surface area contributed by atoms with Gasteiger partial charge in [-0.25, -0.2) is 9.98 Å². The summed E-state index contributed by atoms with van der Waals surface area (Å²) in [5.74, 6) is 1.29. The molecule has 0 saturated carbocycles. The first-order chi connectivity index (χ1) is 13.7. The molecule has 0 saturated heterocycles. The maximum Gasteiger partial charge on any atom is 0.213 e. The minimum absolute atomic E-state index is 0. The number of aliphatic hydroxyl groups excluding tert-OH is 1. The summed E-state index contributed by atoms with van der Waals surface area (Å²) in [4.78, 5) is 8.84. The number of hydrogen-bond acceptors (Lipinski definition) is 5. The van der Waals surface area contributed by atoms with E-state index in [1.54, 1.807) is 13.3 Å². The van der Waals surface area contributed by atoms with E-state index in [0.29, 0.717) is 44.6 Å². The number of nitrogens with zero attached hydrogens (tertiary/aromatic N) is 2. The quantitative estimate of drug-likeness (QED) is 0.185. The molecule has 0 spiro atoms. The van der Waals surface area contributed by atoms with E-state index in [9.17, 15) is 5.11 Å². The maximum atomic E-state index is 10.2. The van der Waals surface area contributed by atoms with Crippen LogP contribution < -0.4 is 15.4 Å². The Morgan fingerprint density at radius 2 is 1.93 bits per heavy atom. The summed E-state index contributed by atoms with van der Waals surface area (Å²) in [6, 6.07) is 13.4. The molecule has 3 N–H and O–H groups in total. The molecule has 2 rings (SSSR count). The molecule has 29 heavy (non-hydrogen) atoms. The van der Waals surface area contributed by atoms with Gasteiger partial charge in [0.15, 0.2) is 5.96 Å². The van der Waals surface area contributed by atoms with Gasteiger partial charge in [0.1, 0.15) is 6.61 Å². The first kappa shape index (κ1) is 25.1. The van der Waals surface area contributed by atoms with Crippen LogP contribution in [0.25, 0.3) is 0 Å². The Balaban J connectivity index is 0.00000420. The monoisotopic (exact) mass is 514 g/mol. The molecular formula is C21H31IN4O3. The third-order valence-electron chi connectivity index (χ3n) is 3.99. The molecule has 8 heteroatoms. The predicted octanol–water partition coefficient (Wildman–Crippen LogP) is 2.90. The lowest BCUT2D eigenvalue weighted by Gasteiger charge is -2.14. The molecule has 1 unspecified atom stereocenters. The summed E-state index contributed by atoms with van der Waals surface area (Å²) >= 11 is 0. The van der Waals surface area contributed by atoms with Crippen LogP contribution in [0.5, 0.6) is 5.88 Å². The number of benzene rings is 1. The average Bonchev–Trinajstić information content (AvgIpc) is 2.73. The standard InChI is InChI=1S/C21H30N4O3.HI/c1-3-22-21(23-12-11-19(26)18-7-5-4-6-8-18)25-16-17-9-10-20(24-15-17)28-14-13-27-2;/h4-10,15,19,26H,3,11-14,16H2,1-2H3,(H2,22,23,25);1H. The van der Waals surface area contributed by atoms with E-state index in [1.807, 2.05) is 49.4 Å². The SMILES string of the molecule is CCNC(=NCc1ccc(OCCOC)nc1)NCCC(O)c1ccccc1.I. The van der Waals surface area contributed by atoms with Gasteiger partial charge in [-0.3, -0.25) is 0 Å².